The summed E-state index contributed by atoms with van der Waals surface area (Å²) in [4.78, 5) is 103. The van der Waals surface area contributed by atoms with Gasteiger partial charge in [0.15, 0.2) is 0 Å². The van der Waals surface area contributed by atoms with E-state index in [4.69, 9.17) is 0 Å². The van der Waals surface area contributed by atoms with Gasteiger partial charge in [0.1, 0.15) is 12.1 Å². The lowest BCUT2D eigenvalue weighted by Crippen LogP contribution is -2.50. The van der Waals surface area contributed by atoms with Crippen LogP contribution in [0.1, 0.15) is 23.2 Å². The molecule has 4 aliphatic rings. The monoisotopic (exact) mass is 734 g/mol. The molecule has 20 heteroatoms. The lowest BCUT2D eigenvalue weighted by molar-refractivity contribution is -0.385. The number of benzene rings is 4. The fourth-order valence-electron chi connectivity index (χ4n) is 8.04. The number of carbonyl (C=O) groups is 4. The Bertz CT molecular complexity index is 2170. The molecule has 4 fully saturated rings. The van der Waals surface area contributed by atoms with Gasteiger partial charge in [0.05, 0.1) is 55.0 Å². The molecular formula is C34H22N8O12. The van der Waals surface area contributed by atoms with Crippen LogP contribution in [0.25, 0.3) is 0 Å². The number of imide groups is 2. The molecule has 6 unspecified atom stereocenters. The van der Waals surface area contributed by atoms with E-state index in [-0.39, 0.29) is 45.3 Å². The molecule has 0 N–H and O–H groups in total. The van der Waals surface area contributed by atoms with Gasteiger partial charge in [-0.05, 0) is 35.4 Å². The number of carbonyl (C=O) groups excluding carboxylic acids is 4. The van der Waals surface area contributed by atoms with Crippen LogP contribution >= 0.6 is 0 Å². The highest BCUT2D eigenvalue weighted by atomic mass is 16.6. The number of non-ortho nitro benzene ring substituents is 4. The van der Waals surface area contributed by atoms with Gasteiger partial charge >= 0.3 is 0 Å². The number of anilines is 2. The maximum absolute atomic E-state index is 14.5. The smallest absolute Gasteiger partial charge is 0.269 e. The van der Waals surface area contributed by atoms with Crippen LogP contribution in [0.2, 0.25) is 0 Å². The van der Waals surface area contributed by atoms with Gasteiger partial charge in [0, 0.05) is 48.5 Å². The Morgan fingerprint density at radius 1 is 0.370 bits per heavy atom. The molecule has 0 radical (unpaired) electrons. The number of hydrogen-bond donors (Lipinski definition) is 0. The molecule has 0 aromatic heterocycles. The predicted octanol–water partition coefficient (Wildman–Crippen LogP) is 3.76. The molecule has 8 rings (SSSR count). The zero-order valence-electron chi connectivity index (χ0n) is 27.2. The summed E-state index contributed by atoms with van der Waals surface area (Å²) < 4.78 is 0. The molecule has 54 heavy (non-hydrogen) atoms. The summed E-state index contributed by atoms with van der Waals surface area (Å²) in [5.41, 5.74) is -0.578. The van der Waals surface area contributed by atoms with E-state index in [2.05, 4.69) is 0 Å². The first-order valence-electron chi connectivity index (χ1n) is 16.1. The first kappa shape index (κ1) is 33.8. The van der Waals surface area contributed by atoms with Crippen molar-refractivity contribution in [3.05, 3.63) is 149 Å². The fourth-order valence-corrected chi connectivity index (χ4v) is 8.04. The molecule has 0 aliphatic carbocycles. The highest BCUT2D eigenvalue weighted by molar-refractivity contribution is 6.26. The van der Waals surface area contributed by atoms with E-state index in [9.17, 15) is 59.6 Å². The Hall–Kier alpha value is -7.32. The Morgan fingerprint density at radius 3 is 0.889 bits per heavy atom. The van der Waals surface area contributed by atoms with E-state index in [1.807, 2.05) is 0 Å². The number of hydrazine groups is 1. The minimum atomic E-state index is -1.38. The van der Waals surface area contributed by atoms with Crippen molar-refractivity contribution in [2.45, 2.75) is 24.2 Å². The largest absolute Gasteiger partial charge is 0.274 e. The molecule has 4 aliphatic heterocycles. The van der Waals surface area contributed by atoms with E-state index in [1.165, 1.54) is 82.8 Å². The zero-order valence-corrected chi connectivity index (χ0v) is 27.2. The van der Waals surface area contributed by atoms with Gasteiger partial charge in [-0.3, -0.25) is 59.6 Å². The normalized spacial score (nSPS) is 24.8. The van der Waals surface area contributed by atoms with Gasteiger partial charge in [-0.15, -0.1) is 0 Å². The Labute approximate surface area is 300 Å². The molecule has 4 amide bonds. The Morgan fingerprint density at radius 2 is 0.630 bits per heavy atom. The molecule has 4 aromatic rings. The van der Waals surface area contributed by atoms with E-state index < -0.39 is 79.3 Å². The average Bonchev–Trinajstić information content (AvgIpc) is 3.83. The summed E-state index contributed by atoms with van der Waals surface area (Å²) in [6.45, 7) is 0. The van der Waals surface area contributed by atoms with E-state index in [0.29, 0.717) is 0 Å². The quantitative estimate of drug-likeness (QED) is 0.142. The maximum Gasteiger partial charge on any atom is 0.269 e. The molecular weight excluding hydrogens is 712 g/mol. The molecule has 4 aromatic carbocycles. The minimum Gasteiger partial charge on any atom is -0.274 e. The number of amides is 4. The lowest BCUT2D eigenvalue weighted by Gasteiger charge is -2.35. The van der Waals surface area contributed by atoms with Crippen LogP contribution in [0, 0.1) is 52.3 Å². The third-order valence-electron chi connectivity index (χ3n) is 10.3. The van der Waals surface area contributed by atoms with E-state index in [1.54, 1.807) is 0 Å². The molecule has 0 spiro atoms. The molecule has 0 bridgehead atoms. The number of nitro groups is 4. The topological polar surface area (TPSA) is 254 Å². The Balaban J connectivity index is 1.31. The predicted molar refractivity (Wildman–Crippen MR) is 181 cm³/mol. The maximum atomic E-state index is 14.5. The standard InChI is InChI=1S/C34H22N8O12/c43-31-25-27(17-1-5-21(6-2-17)39(47)48)37-30-26(32(44)36(34(30)46)20-11-15-24(16-12-20)42(53)54)28(18-3-7-22(8-4-18)40(49)50)38(37)29(25)33(45)35(31)19-9-13-23(14-10-19)41(51)52/h1-16,25-30H. The summed E-state index contributed by atoms with van der Waals surface area (Å²) in [5, 5.41) is 48.7. The first-order chi connectivity index (χ1) is 25.8. The second-order valence-corrected chi connectivity index (χ2v) is 12.9. The summed E-state index contributed by atoms with van der Waals surface area (Å²) in [5.74, 6) is -5.64. The number of nitrogens with zero attached hydrogens (tertiary/aromatic N) is 8. The summed E-state index contributed by atoms with van der Waals surface area (Å²) in [6.07, 6.45) is 0. The number of nitro benzene ring substituents is 4. The van der Waals surface area contributed by atoms with Crippen molar-refractivity contribution in [1.29, 1.82) is 0 Å². The molecule has 4 saturated heterocycles. The lowest BCUT2D eigenvalue weighted by atomic mass is 9.84. The third kappa shape index (κ3) is 4.84. The highest BCUT2D eigenvalue weighted by Gasteiger charge is 2.73. The van der Waals surface area contributed by atoms with E-state index in [0.717, 1.165) is 34.1 Å². The molecule has 6 atom stereocenters. The van der Waals surface area contributed by atoms with E-state index >= 15 is 0 Å². The van der Waals surface area contributed by atoms with Crippen LogP contribution in [0.4, 0.5) is 34.1 Å². The van der Waals surface area contributed by atoms with Crippen LogP contribution in [-0.4, -0.2) is 65.4 Å². The van der Waals surface area contributed by atoms with Crippen LogP contribution in [0.15, 0.2) is 97.1 Å². The van der Waals surface area contributed by atoms with Crippen molar-refractivity contribution in [2.24, 2.45) is 11.8 Å². The van der Waals surface area contributed by atoms with Gasteiger partial charge in [0.25, 0.3) is 34.6 Å². The zero-order chi connectivity index (χ0) is 38.3. The second kappa shape index (κ2) is 12.1. The van der Waals surface area contributed by atoms with Crippen LogP contribution in [0.5, 0.6) is 0 Å². The molecule has 0 saturated carbocycles. The number of rotatable bonds is 8. The van der Waals surface area contributed by atoms with Crippen LogP contribution < -0.4 is 9.80 Å². The van der Waals surface area contributed by atoms with Gasteiger partial charge in [-0.2, -0.15) is 0 Å². The van der Waals surface area contributed by atoms with Gasteiger partial charge in [0.2, 0.25) is 11.8 Å². The second-order valence-electron chi connectivity index (χ2n) is 12.9. The van der Waals surface area contributed by atoms with Crippen molar-refractivity contribution in [3.63, 3.8) is 0 Å². The fraction of sp³-hybridized carbons (Fsp3) is 0.176. The van der Waals surface area contributed by atoms with Crippen LogP contribution in [0.3, 0.4) is 0 Å². The van der Waals surface area contributed by atoms with Gasteiger partial charge < -0.3 is 0 Å². The number of hydrogen-bond acceptors (Lipinski definition) is 14. The van der Waals surface area contributed by atoms with Gasteiger partial charge in [-0.1, -0.05) is 24.3 Å². The summed E-state index contributed by atoms with van der Waals surface area (Å²) >= 11 is 0. The minimum absolute atomic E-state index is 0.0155. The third-order valence-corrected chi connectivity index (χ3v) is 10.3. The van der Waals surface area contributed by atoms with Crippen molar-refractivity contribution < 1.29 is 38.9 Å². The molecule has 270 valence electrons. The molecule has 20 nitrogen and oxygen atoms in total. The van der Waals surface area contributed by atoms with Crippen molar-refractivity contribution >= 4 is 57.8 Å². The SMILES string of the molecule is O=C1C2C(C(=O)N1c1ccc([N+](=O)[O-])cc1)N1C(c3ccc([N+](=O)[O-])cc3)C3C(=O)N(c4ccc([N+](=O)[O-])cc4)C(=O)C3N1C2c1ccc([N+](=O)[O-])cc1. The van der Waals surface area contributed by atoms with Crippen molar-refractivity contribution in [2.75, 3.05) is 9.80 Å². The Kier molecular flexibility index (Phi) is 7.60. The van der Waals surface area contributed by atoms with Crippen LogP contribution in [-0.2, 0) is 19.2 Å². The summed E-state index contributed by atoms with van der Waals surface area (Å²) in [6, 6.07) is 14.5. The van der Waals surface area contributed by atoms with Crippen molar-refractivity contribution in [3.8, 4) is 0 Å². The van der Waals surface area contributed by atoms with Gasteiger partial charge in [-0.25, -0.2) is 19.8 Å². The van der Waals surface area contributed by atoms with Crippen molar-refractivity contribution in [1.82, 2.24) is 10.0 Å². The highest BCUT2D eigenvalue weighted by Crippen LogP contribution is 2.60. The number of fused-ring (bicyclic) bond motifs is 5. The first-order valence-corrected chi connectivity index (χ1v) is 16.1. The molecule has 4 heterocycles. The average molecular weight is 735 g/mol. The summed E-state index contributed by atoms with van der Waals surface area (Å²) in [7, 11) is 0.